The van der Waals surface area contributed by atoms with Gasteiger partial charge < -0.3 is 15.0 Å². The van der Waals surface area contributed by atoms with Gasteiger partial charge in [0.1, 0.15) is 23.3 Å². The summed E-state index contributed by atoms with van der Waals surface area (Å²) >= 11 is 11.8. The second kappa shape index (κ2) is 9.46. The molecule has 1 fully saturated rings. The second-order valence-electron chi connectivity index (χ2n) is 9.06. The first kappa shape index (κ1) is 24.3. The predicted molar refractivity (Wildman–Crippen MR) is 127 cm³/mol. The van der Waals surface area contributed by atoms with Gasteiger partial charge in [0.15, 0.2) is 11.6 Å². The first-order chi connectivity index (χ1) is 16.0. The van der Waals surface area contributed by atoms with E-state index in [0.29, 0.717) is 19.4 Å². The van der Waals surface area contributed by atoms with Crippen molar-refractivity contribution in [3.8, 4) is 0 Å². The van der Waals surface area contributed by atoms with Gasteiger partial charge in [-0.1, -0.05) is 23.2 Å². The largest absolute Gasteiger partial charge is 0.444 e. The normalized spacial score (nSPS) is 16.6. The Morgan fingerprint density at radius 2 is 2.00 bits per heavy atom. The van der Waals surface area contributed by atoms with Crippen molar-refractivity contribution in [2.45, 2.75) is 45.1 Å². The molecule has 0 spiro atoms. The van der Waals surface area contributed by atoms with Gasteiger partial charge in [-0.3, -0.25) is 0 Å². The number of benzene rings is 1. The molecule has 1 unspecified atom stereocenters. The van der Waals surface area contributed by atoms with Crippen molar-refractivity contribution < 1.29 is 18.3 Å². The predicted octanol–water partition coefficient (Wildman–Crippen LogP) is 6.47. The Balaban J connectivity index is 1.66. The Kier molecular flexibility index (Phi) is 6.78. The number of hydrogen-bond donors (Lipinski definition) is 1. The number of pyridine rings is 1. The SMILES string of the molecule is CC(C)(C)OC(=O)N1CCCC(c2nc3c(Nc4ccc(Cl)c(Cl)c4F)ncnc3cc2F)C1. The minimum atomic E-state index is -0.747. The number of rotatable bonds is 3. The van der Waals surface area contributed by atoms with Crippen LogP contribution in [0.4, 0.5) is 25.1 Å². The summed E-state index contributed by atoms with van der Waals surface area (Å²) in [5.74, 6) is -1.44. The Bertz CT molecular complexity index is 1250. The maximum Gasteiger partial charge on any atom is 0.410 e. The van der Waals surface area contributed by atoms with Gasteiger partial charge in [0, 0.05) is 25.1 Å². The summed E-state index contributed by atoms with van der Waals surface area (Å²) in [7, 11) is 0. The van der Waals surface area contributed by atoms with Crippen molar-refractivity contribution in [1.29, 1.82) is 0 Å². The fourth-order valence-corrected chi connectivity index (χ4v) is 4.11. The van der Waals surface area contributed by atoms with E-state index in [-0.39, 0.29) is 50.7 Å². The van der Waals surface area contributed by atoms with Gasteiger partial charge in [-0.05, 0) is 45.7 Å². The number of aromatic nitrogens is 3. The van der Waals surface area contributed by atoms with Crippen molar-refractivity contribution >= 4 is 51.8 Å². The summed E-state index contributed by atoms with van der Waals surface area (Å²) in [5.41, 5.74) is 0.107. The van der Waals surface area contributed by atoms with Gasteiger partial charge in [0.25, 0.3) is 0 Å². The fourth-order valence-electron chi connectivity index (χ4n) is 3.80. The number of piperidine rings is 1. The van der Waals surface area contributed by atoms with E-state index in [9.17, 15) is 9.18 Å². The lowest BCUT2D eigenvalue weighted by atomic mass is 9.94. The minimum absolute atomic E-state index is 0.0378. The molecule has 1 aromatic carbocycles. The van der Waals surface area contributed by atoms with E-state index in [4.69, 9.17) is 27.9 Å². The summed E-state index contributed by atoms with van der Waals surface area (Å²) in [6, 6.07) is 4.13. The molecule has 2 aromatic heterocycles. The number of carbonyl (C=O) groups excluding carboxylic acids is 1. The highest BCUT2D eigenvalue weighted by Crippen LogP contribution is 2.34. The van der Waals surface area contributed by atoms with Crippen LogP contribution in [0.2, 0.25) is 10.0 Å². The number of ether oxygens (including phenoxy) is 1. The topological polar surface area (TPSA) is 80.2 Å². The highest BCUT2D eigenvalue weighted by molar-refractivity contribution is 6.42. The van der Waals surface area contributed by atoms with Crippen molar-refractivity contribution in [1.82, 2.24) is 19.9 Å². The lowest BCUT2D eigenvalue weighted by molar-refractivity contribution is 0.0196. The molecule has 3 aromatic rings. The van der Waals surface area contributed by atoms with Crippen LogP contribution in [0.3, 0.4) is 0 Å². The summed E-state index contributed by atoms with van der Waals surface area (Å²) in [6.45, 7) is 6.17. The third-order valence-electron chi connectivity index (χ3n) is 5.34. The van der Waals surface area contributed by atoms with E-state index in [0.717, 1.165) is 0 Å². The molecule has 1 aliphatic heterocycles. The van der Waals surface area contributed by atoms with Gasteiger partial charge in [-0.25, -0.2) is 28.5 Å². The molecule has 0 aliphatic carbocycles. The number of fused-ring (bicyclic) bond motifs is 1. The third kappa shape index (κ3) is 5.15. The van der Waals surface area contributed by atoms with Crippen molar-refractivity contribution in [3.05, 3.63) is 51.9 Å². The third-order valence-corrected chi connectivity index (χ3v) is 6.12. The van der Waals surface area contributed by atoms with Crippen LogP contribution < -0.4 is 5.32 Å². The maximum atomic E-state index is 15.1. The van der Waals surface area contributed by atoms with E-state index >= 15 is 4.39 Å². The monoisotopic (exact) mass is 509 g/mol. The van der Waals surface area contributed by atoms with Crippen LogP contribution in [0, 0.1) is 11.6 Å². The second-order valence-corrected chi connectivity index (χ2v) is 9.84. The van der Waals surface area contributed by atoms with Gasteiger partial charge in [-0.2, -0.15) is 0 Å². The van der Waals surface area contributed by atoms with Gasteiger partial charge in [0.2, 0.25) is 0 Å². The van der Waals surface area contributed by atoms with Gasteiger partial charge in [0.05, 0.1) is 26.9 Å². The van der Waals surface area contributed by atoms with E-state index in [1.165, 1.54) is 24.5 Å². The summed E-state index contributed by atoms with van der Waals surface area (Å²) in [4.78, 5) is 26.9. The van der Waals surface area contributed by atoms with E-state index in [1.54, 1.807) is 25.7 Å². The zero-order valence-electron chi connectivity index (χ0n) is 18.8. The molecule has 0 saturated carbocycles. The smallest absolute Gasteiger partial charge is 0.410 e. The lowest BCUT2D eigenvalue weighted by Gasteiger charge is -2.34. The molecule has 1 N–H and O–H groups in total. The number of likely N-dealkylation sites (tertiary alicyclic amines) is 1. The molecule has 4 rings (SSSR count). The zero-order chi connectivity index (χ0) is 24.6. The number of anilines is 2. The van der Waals surface area contributed by atoms with Crippen LogP contribution in [0.15, 0.2) is 24.5 Å². The highest BCUT2D eigenvalue weighted by Gasteiger charge is 2.31. The molecule has 1 saturated heterocycles. The standard InChI is InChI=1S/C23H23Cl2F2N5O2/c1-23(2,3)34-22(33)32-8-4-5-12(10-32)19-14(26)9-16-20(31-19)21(29-11-28-16)30-15-7-6-13(24)17(25)18(15)27/h6-7,9,11-12H,4-5,8,10H2,1-3H3,(H,28,29,30). The van der Waals surface area contributed by atoms with Crippen LogP contribution in [0.1, 0.15) is 45.2 Å². The molecule has 180 valence electrons. The average molecular weight is 510 g/mol. The average Bonchev–Trinajstić information content (AvgIpc) is 2.78. The molecular formula is C23H23Cl2F2N5O2. The Labute approximate surface area is 205 Å². The number of hydrogen-bond acceptors (Lipinski definition) is 6. The Morgan fingerprint density at radius 3 is 2.74 bits per heavy atom. The zero-order valence-corrected chi connectivity index (χ0v) is 20.3. The summed E-state index contributed by atoms with van der Waals surface area (Å²) in [5, 5.41) is 2.69. The van der Waals surface area contributed by atoms with Crippen molar-refractivity contribution in [3.63, 3.8) is 0 Å². The minimum Gasteiger partial charge on any atom is -0.444 e. The first-order valence-electron chi connectivity index (χ1n) is 10.7. The van der Waals surface area contributed by atoms with Crippen LogP contribution in [0.25, 0.3) is 11.0 Å². The van der Waals surface area contributed by atoms with Gasteiger partial charge in [-0.15, -0.1) is 0 Å². The molecule has 11 heteroatoms. The molecule has 0 radical (unpaired) electrons. The van der Waals surface area contributed by atoms with Crippen LogP contribution >= 0.6 is 23.2 Å². The van der Waals surface area contributed by atoms with Crippen LogP contribution in [-0.2, 0) is 4.74 Å². The quantitative estimate of drug-likeness (QED) is 0.407. The fraction of sp³-hybridized carbons (Fsp3) is 0.391. The summed E-state index contributed by atoms with van der Waals surface area (Å²) < 4.78 is 35.1. The van der Waals surface area contributed by atoms with Crippen LogP contribution in [0.5, 0.6) is 0 Å². The molecule has 3 heterocycles. The van der Waals surface area contributed by atoms with Crippen LogP contribution in [-0.4, -0.2) is 44.6 Å². The Hall–Kier alpha value is -2.78. The lowest BCUT2D eigenvalue weighted by Crippen LogP contribution is -2.42. The molecule has 0 bridgehead atoms. The van der Waals surface area contributed by atoms with Gasteiger partial charge >= 0.3 is 6.09 Å². The molecular weight excluding hydrogens is 487 g/mol. The maximum absolute atomic E-state index is 15.1. The number of halogens is 4. The first-order valence-corrected chi connectivity index (χ1v) is 11.5. The number of nitrogens with one attached hydrogen (secondary N) is 1. The molecule has 34 heavy (non-hydrogen) atoms. The molecule has 1 aliphatic rings. The number of carbonyl (C=O) groups is 1. The number of nitrogens with zero attached hydrogens (tertiary/aromatic N) is 4. The summed E-state index contributed by atoms with van der Waals surface area (Å²) in [6.07, 6.45) is 2.10. The molecule has 1 amide bonds. The molecule has 7 nitrogen and oxygen atoms in total. The van der Waals surface area contributed by atoms with E-state index in [1.807, 2.05) is 0 Å². The van der Waals surface area contributed by atoms with E-state index < -0.39 is 23.3 Å². The Morgan fingerprint density at radius 1 is 1.24 bits per heavy atom. The molecule has 1 atom stereocenters. The van der Waals surface area contributed by atoms with Crippen molar-refractivity contribution in [2.24, 2.45) is 0 Å². The van der Waals surface area contributed by atoms with Crippen molar-refractivity contribution in [2.75, 3.05) is 18.4 Å². The highest BCUT2D eigenvalue weighted by atomic mass is 35.5. The number of amides is 1. The van der Waals surface area contributed by atoms with E-state index in [2.05, 4.69) is 20.3 Å².